The van der Waals surface area contributed by atoms with Crippen molar-refractivity contribution < 1.29 is 48.9 Å². The Morgan fingerprint density at radius 2 is 1.06 bits per heavy atom. The van der Waals surface area contributed by atoms with Gasteiger partial charge >= 0.3 is 17.9 Å². The number of amides is 2. The fraction of sp³-hybridized carbons (Fsp3) is 0.114. The highest BCUT2D eigenvalue weighted by molar-refractivity contribution is 6.06. The zero-order valence-corrected chi connectivity index (χ0v) is 25.2. The number of benzene rings is 4. The molecule has 0 aliphatic rings. The minimum atomic E-state index is -1.25. The topological polar surface area (TPSA) is 204 Å². The lowest BCUT2D eigenvalue weighted by molar-refractivity contribution is -0.139. The third kappa shape index (κ3) is 9.28. The first-order valence-electron chi connectivity index (χ1n) is 14.0. The van der Waals surface area contributed by atoms with Crippen LogP contribution < -0.4 is 10.6 Å². The molecule has 0 saturated carbocycles. The van der Waals surface area contributed by atoms with Crippen molar-refractivity contribution in [1.29, 1.82) is 0 Å². The summed E-state index contributed by atoms with van der Waals surface area (Å²) in [4.78, 5) is 81.4. The first kappa shape index (κ1) is 35.1. The van der Waals surface area contributed by atoms with Crippen LogP contribution >= 0.6 is 0 Å². The van der Waals surface area contributed by atoms with Crippen LogP contribution in [0.15, 0.2) is 97.1 Å². The first-order valence-corrected chi connectivity index (χ1v) is 14.0. The molecule has 0 heterocycles. The third-order valence-corrected chi connectivity index (χ3v) is 6.79. The molecule has 12 nitrogen and oxygen atoms in total. The smallest absolute Gasteiger partial charge is 0.336 e. The zero-order chi connectivity index (χ0) is 34.7. The van der Waals surface area contributed by atoms with Gasteiger partial charge in [0.1, 0.15) is 0 Å². The normalized spacial score (nSPS) is 10.8. The second-order valence-electron chi connectivity index (χ2n) is 10.0. The molecule has 12 heteroatoms. The molecule has 1 unspecified atom stereocenters. The number of aromatic carboxylic acids is 2. The van der Waals surface area contributed by atoms with Crippen LogP contribution in [-0.2, 0) is 11.3 Å². The molecule has 0 radical (unpaired) electrons. The van der Waals surface area contributed by atoms with Crippen molar-refractivity contribution in [3.63, 3.8) is 0 Å². The molecule has 1 atom stereocenters. The van der Waals surface area contributed by atoms with E-state index in [-0.39, 0.29) is 40.4 Å². The highest BCUT2D eigenvalue weighted by atomic mass is 16.4. The van der Waals surface area contributed by atoms with Crippen molar-refractivity contribution in [2.75, 3.05) is 0 Å². The number of carboxylic acids is 3. The number of hydrogen-bond donors (Lipinski definition) is 5. The van der Waals surface area contributed by atoms with E-state index in [1.54, 1.807) is 48.5 Å². The van der Waals surface area contributed by atoms with Gasteiger partial charge in [0.15, 0.2) is 17.6 Å². The maximum absolute atomic E-state index is 12.3. The summed E-state index contributed by atoms with van der Waals surface area (Å²) in [7, 11) is 0. The van der Waals surface area contributed by atoms with Gasteiger partial charge in [-0.3, -0.25) is 19.2 Å². The molecule has 240 valence electrons. The number of Topliss-reactive ketones (excluding diaryl/α,β-unsaturated/α-hetero) is 2. The largest absolute Gasteiger partial charge is 0.479 e. The molecule has 0 aliphatic carbocycles. The Labute approximate surface area is 268 Å². The lowest BCUT2D eigenvalue weighted by atomic mass is 9.99. The van der Waals surface area contributed by atoms with Crippen LogP contribution in [0.1, 0.15) is 93.2 Å². The van der Waals surface area contributed by atoms with Crippen LogP contribution in [0, 0.1) is 0 Å². The van der Waals surface area contributed by atoms with Gasteiger partial charge in [-0.05, 0) is 55.3 Å². The molecule has 4 rings (SSSR count). The summed E-state index contributed by atoms with van der Waals surface area (Å²) in [5, 5.41) is 32.4. The Kier molecular flexibility index (Phi) is 12.0. The Morgan fingerprint density at radius 3 is 1.53 bits per heavy atom. The maximum atomic E-state index is 12.3. The standard InChI is InChI=1S/C19H17NO5.C16H13NO5/c1-11(21)13-7-8-14(17(9-13)12(2)22)10-20-18(23)15-5-3-4-6-16(15)19(24)25;18-14(11-8-4-5-9-12(11)15(19)20)17-13(16(21)22)10-6-2-1-3-7-10/h3-9H,10H2,1-2H3,(H,20,23)(H,24,25);1-9,13H,(H,17,18)(H,19,20)(H,21,22). The molecular weight excluding hydrogens is 608 g/mol. The highest BCUT2D eigenvalue weighted by Gasteiger charge is 2.24. The van der Waals surface area contributed by atoms with Crippen molar-refractivity contribution in [1.82, 2.24) is 10.6 Å². The average molecular weight is 639 g/mol. The van der Waals surface area contributed by atoms with E-state index < -0.39 is 35.8 Å². The minimum absolute atomic E-state index is 0.0414. The SMILES string of the molecule is CC(=O)c1ccc(CNC(=O)c2ccccc2C(=O)O)c(C(C)=O)c1.O=C(O)c1ccccc1C(=O)NC(C(=O)O)c1ccccc1. The molecular formula is C35H30N2O10. The second kappa shape index (κ2) is 16.0. The summed E-state index contributed by atoms with van der Waals surface area (Å²) >= 11 is 0. The number of carbonyl (C=O) groups excluding carboxylic acids is 4. The predicted octanol–water partition coefficient (Wildman–Crippen LogP) is 4.66. The summed E-state index contributed by atoms with van der Waals surface area (Å²) in [6.45, 7) is 2.83. The molecule has 0 aliphatic heterocycles. The van der Waals surface area contributed by atoms with E-state index in [0.717, 1.165) is 0 Å². The molecule has 4 aromatic carbocycles. The summed E-state index contributed by atoms with van der Waals surface area (Å²) in [5.41, 5.74) is 1.39. The van der Waals surface area contributed by atoms with Gasteiger partial charge in [0.2, 0.25) is 0 Å². The number of rotatable bonds is 11. The van der Waals surface area contributed by atoms with Crippen molar-refractivity contribution in [2.24, 2.45) is 0 Å². The molecule has 0 spiro atoms. The van der Waals surface area contributed by atoms with Crippen LogP contribution in [0.3, 0.4) is 0 Å². The van der Waals surface area contributed by atoms with E-state index >= 15 is 0 Å². The minimum Gasteiger partial charge on any atom is -0.479 e. The van der Waals surface area contributed by atoms with E-state index in [1.165, 1.54) is 62.4 Å². The van der Waals surface area contributed by atoms with E-state index in [1.807, 2.05) is 0 Å². The summed E-state index contributed by atoms with van der Waals surface area (Å²) in [5.74, 6) is -5.37. The van der Waals surface area contributed by atoms with Crippen LogP contribution in [0.5, 0.6) is 0 Å². The molecule has 0 fully saturated rings. The molecule has 2 amide bonds. The van der Waals surface area contributed by atoms with Crippen molar-refractivity contribution >= 4 is 41.3 Å². The van der Waals surface area contributed by atoms with Gasteiger partial charge in [-0.1, -0.05) is 66.7 Å². The summed E-state index contributed by atoms with van der Waals surface area (Å²) in [6, 6.07) is 23.1. The second-order valence-corrected chi connectivity index (χ2v) is 10.0. The number of aliphatic carboxylic acids is 1. The van der Waals surface area contributed by atoms with Gasteiger partial charge in [-0.25, -0.2) is 14.4 Å². The van der Waals surface area contributed by atoms with Gasteiger partial charge in [0.25, 0.3) is 11.8 Å². The Bertz CT molecular complexity index is 1850. The number of carboxylic acid groups (broad SMARTS) is 3. The lowest BCUT2D eigenvalue weighted by Crippen LogP contribution is -2.34. The number of nitrogens with one attached hydrogen (secondary N) is 2. The van der Waals surface area contributed by atoms with E-state index in [2.05, 4.69) is 10.6 Å². The van der Waals surface area contributed by atoms with Gasteiger partial charge in [0.05, 0.1) is 22.3 Å². The number of carbonyl (C=O) groups is 7. The van der Waals surface area contributed by atoms with Crippen molar-refractivity contribution in [3.8, 4) is 0 Å². The third-order valence-electron chi connectivity index (χ3n) is 6.79. The van der Waals surface area contributed by atoms with Gasteiger partial charge in [0, 0.05) is 17.7 Å². The molecule has 5 N–H and O–H groups in total. The fourth-order valence-electron chi connectivity index (χ4n) is 4.43. The van der Waals surface area contributed by atoms with E-state index in [9.17, 15) is 38.7 Å². The number of hydrogen-bond acceptors (Lipinski definition) is 7. The lowest BCUT2D eigenvalue weighted by Gasteiger charge is -2.15. The Balaban J connectivity index is 0.000000257. The van der Waals surface area contributed by atoms with Crippen LogP contribution in [-0.4, -0.2) is 56.6 Å². The Morgan fingerprint density at radius 1 is 0.574 bits per heavy atom. The molecule has 4 aromatic rings. The molecule has 0 saturated heterocycles. The molecule has 47 heavy (non-hydrogen) atoms. The predicted molar refractivity (Wildman–Crippen MR) is 169 cm³/mol. The van der Waals surface area contributed by atoms with Crippen LogP contribution in [0.4, 0.5) is 0 Å². The van der Waals surface area contributed by atoms with Gasteiger partial charge in [-0.15, -0.1) is 0 Å². The highest BCUT2D eigenvalue weighted by Crippen LogP contribution is 2.17. The van der Waals surface area contributed by atoms with E-state index in [4.69, 9.17) is 10.2 Å². The zero-order valence-electron chi connectivity index (χ0n) is 25.2. The Hall–Kier alpha value is -6.43. The molecule has 0 bridgehead atoms. The maximum Gasteiger partial charge on any atom is 0.336 e. The van der Waals surface area contributed by atoms with Gasteiger partial charge < -0.3 is 26.0 Å². The average Bonchev–Trinajstić information content (AvgIpc) is 3.06. The quantitative estimate of drug-likeness (QED) is 0.144. The van der Waals surface area contributed by atoms with Crippen LogP contribution in [0.25, 0.3) is 0 Å². The summed E-state index contributed by atoms with van der Waals surface area (Å²) in [6.07, 6.45) is 0. The van der Waals surface area contributed by atoms with Gasteiger partial charge in [-0.2, -0.15) is 0 Å². The van der Waals surface area contributed by atoms with Crippen molar-refractivity contribution in [2.45, 2.75) is 26.4 Å². The summed E-state index contributed by atoms with van der Waals surface area (Å²) < 4.78 is 0. The monoisotopic (exact) mass is 638 g/mol. The van der Waals surface area contributed by atoms with E-state index in [0.29, 0.717) is 22.3 Å². The van der Waals surface area contributed by atoms with Crippen LogP contribution in [0.2, 0.25) is 0 Å². The number of ketones is 2. The molecule has 0 aromatic heterocycles. The fourth-order valence-corrected chi connectivity index (χ4v) is 4.43. The first-order chi connectivity index (χ1) is 22.3. The van der Waals surface area contributed by atoms with Crippen molar-refractivity contribution in [3.05, 3.63) is 142 Å².